The van der Waals surface area contributed by atoms with Crippen LogP contribution in [-0.4, -0.2) is 27.0 Å². The van der Waals surface area contributed by atoms with Crippen LogP contribution in [0.4, 0.5) is 0 Å². The summed E-state index contributed by atoms with van der Waals surface area (Å²) < 4.78 is 11.6. The summed E-state index contributed by atoms with van der Waals surface area (Å²) >= 11 is 0. The lowest BCUT2D eigenvalue weighted by atomic mass is 9.76. The molecular formula is C20H40O3Si. The van der Waals surface area contributed by atoms with Crippen molar-refractivity contribution in [1.82, 2.24) is 0 Å². The molecule has 0 aliphatic heterocycles. The molecule has 0 aliphatic rings. The first-order valence-corrected chi connectivity index (χ1v) is 12.0. The van der Waals surface area contributed by atoms with Crippen LogP contribution in [-0.2, 0) is 14.0 Å². The van der Waals surface area contributed by atoms with Crippen molar-refractivity contribution in [1.29, 1.82) is 0 Å². The second-order valence-corrected chi connectivity index (χ2v) is 14.2. The molecule has 4 heteroatoms. The monoisotopic (exact) mass is 356 g/mol. The van der Waals surface area contributed by atoms with E-state index >= 15 is 0 Å². The van der Waals surface area contributed by atoms with Crippen molar-refractivity contribution in [2.24, 2.45) is 11.3 Å². The third kappa shape index (κ3) is 8.47. The van der Waals surface area contributed by atoms with Crippen molar-refractivity contribution in [3.63, 3.8) is 0 Å². The minimum absolute atomic E-state index is 0.186. The highest BCUT2D eigenvalue weighted by atomic mass is 28.4. The van der Waals surface area contributed by atoms with E-state index in [4.69, 9.17) is 9.16 Å². The highest BCUT2D eigenvalue weighted by Crippen LogP contribution is 2.38. The first-order chi connectivity index (χ1) is 10.7. The van der Waals surface area contributed by atoms with Crippen LogP contribution in [0.1, 0.15) is 67.7 Å². The molecule has 0 saturated carbocycles. The van der Waals surface area contributed by atoms with Gasteiger partial charge in [0.1, 0.15) is 6.10 Å². The minimum atomic E-state index is -1.69. The lowest BCUT2D eigenvalue weighted by Crippen LogP contribution is -2.41. The zero-order chi connectivity index (χ0) is 19.2. The summed E-state index contributed by atoms with van der Waals surface area (Å²) in [6.07, 6.45) is 4.42. The van der Waals surface area contributed by atoms with Gasteiger partial charge >= 0.3 is 5.97 Å². The van der Waals surface area contributed by atoms with E-state index in [1.807, 2.05) is 0 Å². The quantitative estimate of drug-likeness (QED) is 0.290. The molecule has 24 heavy (non-hydrogen) atoms. The molecule has 142 valence electrons. The molecule has 0 spiro atoms. The highest BCUT2D eigenvalue weighted by Gasteiger charge is 2.37. The van der Waals surface area contributed by atoms with Crippen LogP contribution in [0.15, 0.2) is 12.7 Å². The number of hydrogen-bond acceptors (Lipinski definition) is 3. The summed E-state index contributed by atoms with van der Waals surface area (Å²) in [4.78, 5) is 11.1. The fraction of sp³-hybridized carbons (Fsp3) is 0.850. The van der Waals surface area contributed by atoms with Gasteiger partial charge in [0.05, 0.1) is 0 Å². The Bertz CT molecular complexity index is 402. The number of carbonyl (C=O) groups excluding carboxylic acids is 1. The molecule has 0 amide bonds. The van der Waals surface area contributed by atoms with Crippen molar-refractivity contribution in [2.75, 3.05) is 6.61 Å². The van der Waals surface area contributed by atoms with E-state index in [9.17, 15) is 4.79 Å². The van der Waals surface area contributed by atoms with E-state index in [2.05, 4.69) is 61.2 Å². The molecule has 3 nitrogen and oxygen atoms in total. The van der Waals surface area contributed by atoms with Gasteiger partial charge in [0.25, 0.3) is 0 Å². The van der Waals surface area contributed by atoms with Gasteiger partial charge in [-0.1, -0.05) is 54.2 Å². The lowest BCUT2D eigenvalue weighted by Gasteiger charge is -2.38. The Hall–Kier alpha value is -0.613. The van der Waals surface area contributed by atoms with Gasteiger partial charge in [0, 0.05) is 13.5 Å². The van der Waals surface area contributed by atoms with Crippen molar-refractivity contribution in [3.8, 4) is 0 Å². The van der Waals surface area contributed by atoms with Crippen molar-refractivity contribution < 1.29 is 14.0 Å². The van der Waals surface area contributed by atoms with Crippen LogP contribution in [0.5, 0.6) is 0 Å². The third-order valence-corrected chi connectivity index (χ3v) is 9.88. The Balaban J connectivity index is 4.65. The molecule has 0 heterocycles. The van der Waals surface area contributed by atoms with Crippen LogP contribution in [0.2, 0.25) is 18.1 Å². The number of esters is 1. The summed E-state index contributed by atoms with van der Waals surface area (Å²) in [6, 6.07) is 0. The summed E-state index contributed by atoms with van der Waals surface area (Å²) in [5.41, 5.74) is 0.207. The van der Waals surface area contributed by atoms with Gasteiger partial charge in [0.2, 0.25) is 0 Å². The van der Waals surface area contributed by atoms with Crippen LogP contribution >= 0.6 is 0 Å². The normalized spacial score (nSPS) is 15.7. The van der Waals surface area contributed by atoms with Crippen LogP contribution in [0.25, 0.3) is 0 Å². The average Bonchev–Trinajstić information content (AvgIpc) is 2.37. The molecule has 0 N–H and O–H groups in total. The van der Waals surface area contributed by atoms with Gasteiger partial charge in [-0.05, 0) is 48.7 Å². The van der Waals surface area contributed by atoms with Gasteiger partial charge in [-0.15, -0.1) is 0 Å². The predicted molar refractivity (Wildman–Crippen MR) is 106 cm³/mol. The second-order valence-electron chi connectivity index (χ2n) is 9.42. The van der Waals surface area contributed by atoms with Crippen LogP contribution in [0, 0.1) is 11.3 Å². The molecule has 2 unspecified atom stereocenters. The number of rotatable bonds is 9. The maximum absolute atomic E-state index is 11.1. The zero-order valence-electron chi connectivity index (χ0n) is 17.5. The summed E-state index contributed by atoms with van der Waals surface area (Å²) in [6.45, 7) is 24.3. The fourth-order valence-electron chi connectivity index (χ4n) is 2.49. The van der Waals surface area contributed by atoms with E-state index < -0.39 is 8.32 Å². The van der Waals surface area contributed by atoms with E-state index in [0.717, 1.165) is 25.9 Å². The SMILES string of the molecule is C=CC(CCC(CCO[Si](C)(C)C(C)(C)C)C(C)(C)C)OC(C)=O. The molecule has 0 radical (unpaired) electrons. The van der Waals surface area contributed by atoms with E-state index in [-0.39, 0.29) is 22.5 Å². The van der Waals surface area contributed by atoms with Crippen molar-refractivity contribution in [3.05, 3.63) is 12.7 Å². The summed E-state index contributed by atoms with van der Waals surface area (Å²) in [5, 5.41) is 0.244. The van der Waals surface area contributed by atoms with E-state index in [1.54, 1.807) is 6.08 Å². The van der Waals surface area contributed by atoms with Crippen molar-refractivity contribution in [2.45, 2.75) is 92.0 Å². The van der Waals surface area contributed by atoms with Crippen LogP contribution in [0.3, 0.4) is 0 Å². The molecule has 0 bridgehead atoms. The Kier molecular flexibility index (Phi) is 8.95. The molecule has 2 atom stereocenters. The average molecular weight is 357 g/mol. The molecule has 0 aliphatic carbocycles. The fourth-order valence-corrected chi connectivity index (χ4v) is 3.55. The number of hydrogen-bond donors (Lipinski definition) is 0. The number of carbonyl (C=O) groups is 1. The Morgan fingerprint density at radius 1 is 1.08 bits per heavy atom. The minimum Gasteiger partial charge on any atom is -0.458 e. The maximum Gasteiger partial charge on any atom is 0.303 e. The topological polar surface area (TPSA) is 35.5 Å². The lowest BCUT2D eigenvalue weighted by molar-refractivity contribution is -0.144. The maximum atomic E-state index is 11.1. The summed E-state index contributed by atoms with van der Waals surface area (Å²) in [5.74, 6) is 0.286. The van der Waals surface area contributed by atoms with Gasteiger partial charge in [-0.25, -0.2) is 0 Å². The molecule has 0 fully saturated rings. The van der Waals surface area contributed by atoms with Crippen LogP contribution < -0.4 is 0 Å². The zero-order valence-corrected chi connectivity index (χ0v) is 18.5. The van der Waals surface area contributed by atoms with Crippen molar-refractivity contribution >= 4 is 14.3 Å². The number of ether oxygens (including phenoxy) is 1. The summed E-state index contributed by atoms with van der Waals surface area (Å²) in [7, 11) is -1.69. The predicted octanol–water partition coefficient (Wildman–Crippen LogP) is 5.96. The molecule has 0 saturated heterocycles. The molecule has 0 aromatic rings. The van der Waals surface area contributed by atoms with Gasteiger partial charge in [-0.2, -0.15) is 0 Å². The Labute approximate surface area is 151 Å². The smallest absolute Gasteiger partial charge is 0.303 e. The van der Waals surface area contributed by atoms with Gasteiger partial charge in [-0.3, -0.25) is 4.79 Å². The highest BCUT2D eigenvalue weighted by molar-refractivity contribution is 6.74. The first-order valence-electron chi connectivity index (χ1n) is 9.14. The van der Waals surface area contributed by atoms with Gasteiger partial charge in [0.15, 0.2) is 8.32 Å². The van der Waals surface area contributed by atoms with Gasteiger partial charge < -0.3 is 9.16 Å². The standard InChI is InChI=1S/C20H40O3Si/c1-11-18(23-16(2)21)13-12-17(19(3,4)5)14-15-22-24(9,10)20(6,7)8/h11,17-18H,1,12-15H2,2-10H3. The van der Waals surface area contributed by atoms with E-state index in [1.165, 1.54) is 6.92 Å². The molecule has 0 rings (SSSR count). The molecule has 0 aromatic heterocycles. The molecule has 0 aromatic carbocycles. The Morgan fingerprint density at radius 2 is 1.62 bits per heavy atom. The molecular weight excluding hydrogens is 316 g/mol. The first kappa shape index (κ1) is 23.4. The largest absolute Gasteiger partial charge is 0.458 e. The van der Waals surface area contributed by atoms with E-state index in [0.29, 0.717) is 5.92 Å². The second kappa shape index (κ2) is 9.19. The third-order valence-electron chi connectivity index (χ3n) is 5.34. The Morgan fingerprint density at radius 3 is 2.00 bits per heavy atom.